The summed E-state index contributed by atoms with van der Waals surface area (Å²) in [6.45, 7) is 6.36. The Hall–Kier alpha value is -2.40. The molecule has 2 aromatic rings. The highest BCUT2D eigenvalue weighted by Gasteiger charge is 2.20. The second kappa shape index (κ2) is 7.92. The van der Waals surface area contributed by atoms with Gasteiger partial charge in [-0.1, -0.05) is 42.5 Å². The summed E-state index contributed by atoms with van der Waals surface area (Å²) in [5.74, 6) is 0.383. The van der Waals surface area contributed by atoms with Crippen LogP contribution in [0.2, 0.25) is 0 Å². The highest BCUT2D eigenvalue weighted by atomic mass is 127. The van der Waals surface area contributed by atoms with Crippen molar-refractivity contribution in [2.24, 2.45) is 10.9 Å². The van der Waals surface area contributed by atoms with E-state index in [2.05, 4.69) is 121 Å². The maximum absolute atomic E-state index is 4.85. The minimum absolute atomic E-state index is 0.383. The van der Waals surface area contributed by atoms with E-state index < -0.39 is 0 Å². The highest BCUT2D eigenvalue weighted by Crippen LogP contribution is 2.35. The summed E-state index contributed by atoms with van der Waals surface area (Å²) in [5, 5.41) is 0. The Labute approximate surface area is 180 Å². The Morgan fingerprint density at radius 1 is 1.07 bits per heavy atom. The molecule has 1 aromatic heterocycles. The number of aromatic nitrogens is 1. The second-order valence-corrected chi connectivity index (χ2v) is 8.55. The number of H-pyrrole nitrogens is 1. The molecule has 1 N–H and O–H groups in total. The van der Waals surface area contributed by atoms with E-state index in [0.29, 0.717) is 5.92 Å². The number of hydrogen-bond donors (Lipinski definition) is 1. The molecule has 28 heavy (non-hydrogen) atoms. The molecule has 1 aliphatic heterocycles. The van der Waals surface area contributed by atoms with Crippen LogP contribution in [0.4, 0.5) is 0 Å². The van der Waals surface area contributed by atoms with Crippen molar-refractivity contribution in [1.29, 1.82) is 0 Å². The quantitative estimate of drug-likeness (QED) is 0.465. The topological polar surface area (TPSA) is 28.1 Å². The Morgan fingerprint density at radius 2 is 1.79 bits per heavy atom. The van der Waals surface area contributed by atoms with Crippen LogP contribution in [0.5, 0.6) is 0 Å². The van der Waals surface area contributed by atoms with Crippen LogP contribution in [0.15, 0.2) is 83.1 Å². The first-order valence-corrected chi connectivity index (χ1v) is 10.6. The van der Waals surface area contributed by atoms with Crippen LogP contribution < -0.4 is 0 Å². The first-order chi connectivity index (χ1) is 13.5. The molecule has 140 valence electrons. The van der Waals surface area contributed by atoms with Crippen molar-refractivity contribution in [2.75, 3.05) is 0 Å². The van der Waals surface area contributed by atoms with Gasteiger partial charge in [0.05, 0.1) is 11.4 Å². The molecule has 0 spiro atoms. The number of aromatic amines is 1. The van der Waals surface area contributed by atoms with Gasteiger partial charge in [0.1, 0.15) is 0 Å². The molecule has 0 fully saturated rings. The summed E-state index contributed by atoms with van der Waals surface area (Å²) in [7, 11) is 0. The van der Waals surface area contributed by atoms with Crippen molar-refractivity contribution in [2.45, 2.75) is 20.8 Å². The van der Waals surface area contributed by atoms with E-state index in [0.717, 1.165) is 22.8 Å². The predicted octanol–water partition coefficient (Wildman–Crippen LogP) is 6.86. The fourth-order valence-electron chi connectivity index (χ4n) is 3.67. The molecule has 0 bridgehead atoms. The van der Waals surface area contributed by atoms with Crippen LogP contribution in [0, 0.1) is 16.4 Å². The van der Waals surface area contributed by atoms with E-state index in [-0.39, 0.29) is 0 Å². The number of hydrogen-bond acceptors (Lipinski definition) is 1. The zero-order chi connectivity index (χ0) is 19.7. The average Bonchev–Trinajstić information content (AvgIpc) is 3.37. The lowest BCUT2D eigenvalue weighted by atomic mass is 9.96. The fourth-order valence-corrected chi connectivity index (χ4v) is 4.03. The second-order valence-electron chi connectivity index (χ2n) is 7.30. The SMILES string of the molecule is CC1=CC(C)=N/C1=C(\c1ccc(I)cc1)c1[nH]c(/C=C/C2C=CC=C2)cc1C. The van der Waals surface area contributed by atoms with Crippen molar-refractivity contribution >= 4 is 40.0 Å². The van der Waals surface area contributed by atoms with E-state index in [4.69, 9.17) is 4.99 Å². The number of aliphatic imine (C=N–C) groups is 1. The summed E-state index contributed by atoms with van der Waals surface area (Å²) in [5.41, 5.74) is 9.15. The van der Waals surface area contributed by atoms with Gasteiger partial charge in [-0.05, 0) is 90.4 Å². The maximum Gasteiger partial charge on any atom is 0.0761 e. The lowest BCUT2D eigenvalue weighted by Crippen LogP contribution is -1.96. The number of nitrogens with one attached hydrogen (secondary N) is 1. The molecule has 2 nitrogen and oxygen atoms in total. The van der Waals surface area contributed by atoms with Crippen molar-refractivity contribution in [3.63, 3.8) is 0 Å². The lowest BCUT2D eigenvalue weighted by Gasteiger charge is -2.12. The summed E-state index contributed by atoms with van der Waals surface area (Å²) in [4.78, 5) is 8.49. The van der Waals surface area contributed by atoms with Crippen LogP contribution >= 0.6 is 22.6 Å². The molecule has 4 rings (SSSR count). The number of allylic oxidation sites excluding steroid dienone is 7. The van der Waals surface area contributed by atoms with Gasteiger partial charge in [-0.15, -0.1) is 0 Å². The molecular weight excluding hydrogens is 455 g/mol. The standard InChI is InChI=1S/C25H23IN2/c1-16-14-18(3)27-24(16)23(20-9-11-21(26)12-10-20)25-17(2)15-22(28-25)13-8-19-6-4-5-7-19/h4-15,19,28H,1-3H3/b13-8+,24-23+. The van der Waals surface area contributed by atoms with E-state index in [1.165, 1.54) is 25.8 Å². The maximum atomic E-state index is 4.85. The molecule has 0 amide bonds. The van der Waals surface area contributed by atoms with Crippen LogP contribution in [0.1, 0.15) is 36.4 Å². The normalized spacial score (nSPS) is 18.3. The summed E-state index contributed by atoms with van der Waals surface area (Å²) >= 11 is 2.35. The number of aryl methyl sites for hydroxylation is 1. The molecular formula is C25H23IN2. The van der Waals surface area contributed by atoms with Crippen molar-refractivity contribution in [3.8, 4) is 0 Å². The van der Waals surface area contributed by atoms with Gasteiger partial charge in [0.25, 0.3) is 0 Å². The molecule has 1 aromatic carbocycles. The summed E-state index contributed by atoms with van der Waals surface area (Å²) < 4.78 is 1.23. The molecule has 0 saturated heterocycles. The van der Waals surface area contributed by atoms with Crippen molar-refractivity contribution in [3.05, 3.63) is 104 Å². The Kier molecular flexibility index (Phi) is 5.36. The molecule has 2 aliphatic rings. The lowest BCUT2D eigenvalue weighted by molar-refractivity contribution is 1.10. The summed E-state index contributed by atoms with van der Waals surface area (Å²) in [6.07, 6.45) is 15.1. The smallest absolute Gasteiger partial charge is 0.0761 e. The number of nitrogens with zero attached hydrogens (tertiary/aromatic N) is 1. The van der Waals surface area contributed by atoms with Gasteiger partial charge in [-0.2, -0.15) is 0 Å². The minimum Gasteiger partial charge on any atom is -0.355 e. The van der Waals surface area contributed by atoms with Gasteiger partial charge in [-0.25, -0.2) is 0 Å². The van der Waals surface area contributed by atoms with Crippen LogP contribution in [0.25, 0.3) is 11.6 Å². The van der Waals surface area contributed by atoms with Gasteiger partial charge >= 0.3 is 0 Å². The molecule has 1 aliphatic carbocycles. The molecule has 3 heteroatoms. The van der Waals surface area contributed by atoms with E-state index in [1.54, 1.807) is 0 Å². The van der Waals surface area contributed by atoms with E-state index in [1.807, 2.05) is 0 Å². The van der Waals surface area contributed by atoms with Gasteiger partial charge in [0.2, 0.25) is 0 Å². The van der Waals surface area contributed by atoms with Crippen molar-refractivity contribution in [1.82, 2.24) is 4.98 Å². The fraction of sp³-hybridized carbons (Fsp3) is 0.160. The predicted molar refractivity (Wildman–Crippen MR) is 128 cm³/mol. The van der Waals surface area contributed by atoms with Gasteiger partial charge in [0.15, 0.2) is 0 Å². The monoisotopic (exact) mass is 478 g/mol. The molecule has 0 saturated carbocycles. The average molecular weight is 478 g/mol. The zero-order valence-corrected chi connectivity index (χ0v) is 18.5. The van der Waals surface area contributed by atoms with E-state index in [9.17, 15) is 0 Å². The Morgan fingerprint density at radius 3 is 2.43 bits per heavy atom. The third kappa shape index (κ3) is 3.90. The Bertz CT molecular complexity index is 1070. The molecule has 0 atom stereocenters. The van der Waals surface area contributed by atoms with E-state index >= 15 is 0 Å². The first-order valence-electron chi connectivity index (χ1n) is 9.48. The number of benzene rings is 1. The largest absolute Gasteiger partial charge is 0.355 e. The minimum atomic E-state index is 0.383. The third-order valence-electron chi connectivity index (χ3n) is 5.02. The Balaban J connectivity index is 1.81. The molecule has 0 unspecified atom stereocenters. The van der Waals surface area contributed by atoms with Crippen LogP contribution in [-0.4, -0.2) is 10.7 Å². The zero-order valence-electron chi connectivity index (χ0n) is 16.3. The highest BCUT2D eigenvalue weighted by molar-refractivity contribution is 14.1. The van der Waals surface area contributed by atoms with Crippen molar-refractivity contribution < 1.29 is 0 Å². The van der Waals surface area contributed by atoms with Crippen LogP contribution in [-0.2, 0) is 0 Å². The number of halogens is 1. The number of rotatable bonds is 4. The van der Waals surface area contributed by atoms with Gasteiger partial charge in [0, 0.05) is 26.5 Å². The third-order valence-corrected chi connectivity index (χ3v) is 5.74. The first kappa shape index (κ1) is 18.9. The van der Waals surface area contributed by atoms with Crippen LogP contribution in [0.3, 0.4) is 0 Å². The van der Waals surface area contributed by atoms with Gasteiger partial charge in [-0.3, -0.25) is 4.99 Å². The summed E-state index contributed by atoms with van der Waals surface area (Å²) in [6, 6.07) is 10.9. The van der Waals surface area contributed by atoms with Gasteiger partial charge < -0.3 is 4.98 Å². The molecule has 2 heterocycles. The molecule has 0 radical (unpaired) electrons.